The predicted octanol–water partition coefficient (Wildman–Crippen LogP) is -0.427. The Kier molecular flexibility index (Phi) is 5.06. The summed E-state index contributed by atoms with van der Waals surface area (Å²) in [6, 6.07) is 0. The molecule has 5 nitrogen and oxygen atoms in total. The Bertz CT molecular complexity index is 243. The molecule has 1 atom stereocenters. The monoisotopic (exact) mass is 197 g/mol. The molecule has 1 aromatic rings. The summed E-state index contributed by atoms with van der Waals surface area (Å²) in [7, 11) is 1.56. The molecule has 1 unspecified atom stereocenters. The molecule has 14 heavy (non-hydrogen) atoms. The second-order valence-corrected chi connectivity index (χ2v) is 2.94. The van der Waals surface area contributed by atoms with Gasteiger partial charge in [0.25, 0.3) is 0 Å². The number of rotatable bonds is 6. The lowest BCUT2D eigenvalue weighted by atomic mass is 10.3. The van der Waals surface area contributed by atoms with Crippen LogP contribution in [0, 0.1) is 0 Å². The molecule has 0 aromatic carbocycles. The highest BCUT2D eigenvalue weighted by Gasteiger charge is 2.02. The topological polar surface area (TPSA) is 67.3 Å². The number of nitrogens with one attached hydrogen (secondary N) is 1. The normalized spacial score (nSPS) is 12.7. The molecule has 1 heterocycles. The van der Waals surface area contributed by atoms with E-state index in [4.69, 9.17) is 4.74 Å². The average Bonchev–Trinajstić information content (AvgIpc) is 2.20. The van der Waals surface area contributed by atoms with Crippen molar-refractivity contribution in [3.8, 4) is 0 Å². The van der Waals surface area contributed by atoms with E-state index in [9.17, 15) is 5.11 Å². The van der Waals surface area contributed by atoms with E-state index in [0.29, 0.717) is 19.7 Å². The van der Waals surface area contributed by atoms with Gasteiger partial charge < -0.3 is 15.2 Å². The number of nitrogens with zero attached hydrogens (tertiary/aromatic N) is 2. The third-order valence-corrected chi connectivity index (χ3v) is 1.66. The van der Waals surface area contributed by atoms with Crippen molar-refractivity contribution in [1.29, 1.82) is 0 Å². The zero-order valence-electron chi connectivity index (χ0n) is 8.18. The minimum atomic E-state index is -0.475. The zero-order valence-corrected chi connectivity index (χ0v) is 8.18. The fraction of sp³-hybridized carbons (Fsp3) is 0.556. The Morgan fingerprint density at radius 3 is 3.07 bits per heavy atom. The summed E-state index contributed by atoms with van der Waals surface area (Å²) in [6.07, 6.45) is 4.48. The third kappa shape index (κ3) is 4.27. The van der Waals surface area contributed by atoms with E-state index >= 15 is 0 Å². The number of aliphatic hydroxyl groups is 1. The molecule has 0 saturated heterocycles. The lowest BCUT2D eigenvalue weighted by Gasteiger charge is -2.09. The standard InChI is InChI=1S/C9H15N3O2/c1-14-7-9(13)6-11-5-8-4-10-2-3-12-8/h2-4,9,11,13H,5-7H2,1H3. The van der Waals surface area contributed by atoms with Gasteiger partial charge in [0.05, 0.1) is 18.4 Å². The van der Waals surface area contributed by atoms with Crippen molar-refractivity contribution in [2.45, 2.75) is 12.6 Å². The van der Waals surface area contributed by atoms with E-state index in [-0.39, 0.29) is 0 Å². The van der Waals surface area contributed by atoms with E-state index in [0.717, 1.165) is 5.69 Å². The number of methoxy groups -OCH3 is 1. The molecule has 1 rings (SSSR count). The molecule has 5 heteroatoms. The summed E-state index contributed by atoms with van der Waals surface area (Å²) < 4.78 is 4.79. The lowest BCUT2D eigenvalue weighted by Crippen LogP contribution is -2.29. The van der Waals surface area contributed by atoms with E-state index in [1.54, 1.807) is 25.7 Å². The quantitative estimate of drug-likeness (QED) is 0.648. The number of hydrogen-bond donors (Lipinski definition) is 2. The van der Waals surface area contributed by atoms with Gasteiger partial charge in [0.2, 0.25) is 0 Å². The molecule has 78 valence electrons. The lowest BCUT2D eigenvalue weighted by molar-refractivity contribution is 0.0643. The van der Waals surface area contributed by atoms with Crippen LogP contribution in [0.25, 0.3) is 0 Å². The fourth-order valence-electron chi connectivity index (χ4n) is 1.04. The van der Waals surface area contributed by atoms with Gasteiger partial charge in [0.1, 0.15) is 0 Å². The number of hydrogen-bond acceptors (Lipinski definition) is 5. The first kappa shape index (κ1) is 11.0. The SMILES string of the molecule is COCC(O)CNCc1cnccn1. The van der Waals surface area contributed by atoms with Crippen LogP contribution in [0.2, 0.25) is 0 Å². The highest BCUT2D eigenvalue weighted by atomic mass is 16.5. The minimum absolute atomic E-state index is 0.341. The summed E-state index contributed by atoms with van der Waals surface area (Å²) >= 11 is 0. The van der Waals surface area contributed by atoms with Gasteiger partial charge in [0.15, 0.2) is 0 Å². The van der Waals surface area contributed by atoms with Crippen LogP contribution in [0.4, 0.5) is 0 Å². The third-order valence-electron chi connectivity index (χ3n) is 1.66. The fourth-order valence-corrected chi connectivity index (χ4v) is 1.04. The van der Waals surface area contributed by atoms with Gasteiger partial charge >= 0.3 is 0 Å². The molecular weight excluding hydrogens is 182 g/mol. The molecule has 0 spiro atoms. The van der Waals surface area contributed by atoms with Gasteiger partial charge in [-0.05, 0) is 0 Å². The molecule has 0 aliphatic carbocycles. The second kappa shape index (κ2) is 6.42. The van der Waals surface area contributed by atoms with Crippen molar-refractivity contribution in [1.82, 2.24) is 15.3 Å². The van der Waals surface area contributed by atoms with Crippen molar-refractivity contribution >= 4 is 0 Å². The molecule has 1 aromatic heterocycles. The van der Waals surface area contributed by atoms with E-state index in [1.807, 2.05) is 0 Å². The Labute approximate surface area is 83.2 Å². The summed E-state index contributed by atoms with van der Waals surface area (Å²) in [5.74, 6) is 0. The van der Waals surface area contributed by atoms with Crippen molar-refractivity contribution in [3.63, 3.8) is 0 Å². The van der Waals surface area contributed by atoms with Gasteiger partial charge in [-0.2, -0.15) is 0 Å². The van der Waals surface area contributed by atoms with Crippen LogP contribution in [-0.4, -0.2) is 41.4 Å². The molecular formula is C9H15N3O2. The maximum Gasteiger partial charge on any atom is 0.0897 e. The van der Waals surface area contributed by atoms with Crippen molar-refractivity contribution in [3.05, 3.63) is 24.3 Å². The molecule has 0 radical (unpaired) electrons. The number of ether oxygens (including phenoxy) is 1. The Balaban J connectivity index is 2.16. The summed E-state index contributed by atoms with van der Waals surface area (Å²) in [4.78, 5) is 8.01. The molecule has 0 fully saturated rings. The van der Waals surface area contributed by atoms with Crippen LogP contribution in [0.15, 0.2) is 18.6 Å². The van der Waals surface area contributed by atoms with E-state index < -0.39 is 6.10 Å². The first-order chi connectivity index (χ1) is 6.83. The first-order valence-corrected chi connectivity index (χ1v) is 4.45. The van der Waals surface area contributed by atoms with Gasteiger partial charge in [-0.1, -0.05) is 0 Å². The highest BCUT2D eigenvalue weighted by Crippen LogP contribution is 1.89. The molecule has 2 N–H and O–H groups in total. The second-order valence-electron chi connectivity index (χ2n) is 2.94. The van der Waals surface area contributed by atoms with Gasteiger partial charge in [-0.15, -0.1) is 0 Å². The summed E-state index contributed by atoms with van der Waals surface area (Å²) in [5.41, 5.74) is 0.858. The Morgan fingerprint density at radius 1 is 1.57 bits per heavy atom. The average molecular weight is 197 g/mol. The van der Waals surface area contributed by atoms with Gasteiger partial charge in [0, 0.05) is 38.8 Å². The van der Waals surface area contributed by atoms with Crippen LogP contribution in [-0.2, 0) is 11.3 Å². The zero-order chi connectivity index (χ0) is 10.2. The van der Waals surface area contributed by atoms with E-state index in [1.165, 1.54) is 0 Å². The molecule has 0 bridgehead atoms. The van der Waals surface area contributed by atoms with Crippen molar-refractivity contribution < 1.29 is 9.84 Å². The first-order valence-electron chi connectivity index (χ1n) is 4.45. The Morgan fingerprint density at radius 2 is 2.43 bits per heavy atom. The van der Waals surface area contributed by atoms with Crippen LogP contribution in [0.1, 0.15) is 5.69 Å². The van der Waals surface area contributed by atoms with Crippen molar-refractivity contribution in [2.75, 3.05) is 20.3 Å². The van der Waals surface area contributed by atoms with Crippen LogP contribution < -0.4 is 5.32 Å². The minimum Gasteiger partial charge on any atom is -0.389 e. The molecule has 0 aliphatic heterocycles. The maximum absolute atomic E-state index is 9.30. The van der Waals surface area contributed by atoms with Crippen LogP contribution >= 0.6 is 0 Å². The highest BCUT2D eigenvalue weighted by molar-refractivity contribution is 4.93. The van der Waals surface area contributed by atoms with Crippen LogP contribution in [0.5, 0.6) is 0 Å². The maximum atomic E-state index is 9.30. The van der Waals surface area contributed by atoms with E-state index in [2.05, 4.69) is 15.3 Å². The Hall–Kier alpha value is -1.04. The molecule has 0 aliphatic rings. The number of aliphatic hydroxyl groups excluding tert-OH is 1. The summed E-state index contributed by atoms with van der Waals surface area (Å²) in [5, 5.41) is 12.4. The predicted molar refractivity (Wildman–Crippen MR) is 51.6 cm³/mol. The van der Waals surface area contributed by atoms with Crippen LogP contribution in [0.3, 0.4) is 0 Å². The molecule has 0 amide bonds. The van der Waals surface area contributed by atoms with Gasteiger partial charge in [-0.25, -0.2) is 0 Å². The molecule has 0 saturated carbocycles. The van der Waals surface area contributed by atoms with Crippen molar-refractivity contribution in [2.24, 2.45) is 0 Å². The van der Waals surface area contributed by atoms with Gasteiger partial charge in [-0.3, -0.25) is 9.97 Å². The smallest absolute Gasteiger partial charge is 0.0897 e. The largest absolute Gasteiger partial charge is 0.389 e. The number of aromatic nitrogens is 2. The summed E-state index contributed by atoms with van der Waals surface area (Å²) in [6.45, 7) is 1.44.